The van der Waals surface area contributed by atoms with Crippen LogP contribution in [0.15, 0.2) is 29.6 Å². The molecule has 0 saturated heterocycles. The Hall–Kier alpha value is -1.92. The van der Waals surface area contributed by atoms with Gasteiger partial charge in [-0.15, -0.1) is 0 Å². The van der Waals surface area contributed by atoms with E-state index in [1.165, 1.54) is 11.5 Å². The molecule has 6 heteroatoms. The standard InChI is InChI=1S/C14H17N3O2S/c1-10-11(9-20-17-10)14(18)16-13-6-4-3-5-12(13)15-7-8-19-2/h3-6,9,15H,7-8H2,1-2H3,(H,16,18). The second-order valence-electron chi connectivity index (χ2n) is 4.23. The van der Waals surface area contributed by atoms with Gasteiger partial charge in [-0.25, -0.2) is 0 Å². The Morgan fingerprint density at radius 1 is 1.35 bits per heavy atom. The van der Waals surface area contributed by atoms with Crippen molar-refractivity contribution in [3.8, 4) is 0 Å². The molecule has 0 radical (unpaired) electrons. The number of anilines is 2. The molecule has 0 bridgehead atoms. The number of hydrogen-bond acceptors (Lipinski definition) is 5. The maximum Gasteiger partial charge on any atom is 0.258 e. The zero-order valence-corrected chi connectivity index (χ0v) is 12.3. The largest absolute Gasteiger partial charge is 0.383 e. The lowest BCUT2D eigenvalue weighted by atomic mass is 10.2. The summed E-state index contributed by atoms with van der Waals surface area (Å²) in [5, 5.41) is 7.89. The van der Waals surface area contributed by atoms with E-state index in [9.17, 15) is 4.79 Å². The summed E-state index contributed by atoms with van der Waals surface area (Å²) in [7, 11) is 1.65. The second kappa shape index (κ2) is 7.02. The van der Waals surface area contributed by atoms with Gasteiger partial charge in [0.2, 0.25) is 0 Å². The predicted octanol–water partition coefficient (Wildman–Crippen LogP) is 2.76. The zero-order valence-electron chi connectivity index (χ0n) is 11.5. The first-order valence-electron chi connectivity index (χ1n) is 6.26. The Kier molecular flexibility index (Phi) is 5.09. The number of amides is 1. The van der Waals surface area contributed by atoms with E-state index in [-0.39, 0.29) is 5.91 Å². The van der Waals surface area contributed by atoms with Gasteiger partial charge in [-0.2, -0.15) is 4.37 Å². The van der Waals surface area contributed by atoms with Gasteiger partial charge in [-0.05, 0) is 30.6 Å². The number of carbonyl (C=O) groups is 1. The van der Waals surface area contributed by atoms with Crippen LogP contribution in [-0.4, -0.2) is 30.5 Å². The molecule has 0 unspecified atom stereocenters. The number of hydrogen-bond donors (Lipinski definition) is 2. The monoisotopic (exact) mass is 291 g/mol. The Balaban J connectivity index is 2.09. The predicted molar refractivity (Wildman–Crippen MR) is 81.6 cm³/mol. The van der Waals surface area contributed by atoms with Gasteiger partial charge in [0, 0.05) is 19.0 Å². The molecule has 20 heavy (non-hydrogen) atoms. The minimum absolute atomic E-state index is 0.141. The van der Waals surface area contributed by atoms with Crippen molar-refractivity contribution in [2.24, 2.45) is 0 Å². The van der Waals surface area contributed by atoms with E-state index in [2.05, 4.69) is 15.0 Å². The molecular formula is C14H17N3O2S. The molecule has 1 aromatic carbocycles. The highest BCUT2D eigenvalue weighted by atomic mass is 32.1. The van der Waals surface area contributed by atoms with Crippen LogP contribution >= 0.6 is 11.5 Å². The third kappa shape index (κ3) is 3.55. The maximum atomic E-state index is 12.2. The average Bonchev–Trinajstić information content (AvgIpc) is 2.87. The molecule has 1 amide bonds. The number of benzene rings is 1. The van der Waals surface area contributed by atoms with E-state index < -0.39 is 0 Å². The molecule has 2 aromatic rings. The first-order chi connectivity index (χ1) is 9.72. The number of ether oxygens (including phenoxy) is 1. The number of rotatable bonds is 6. The van der Waals surface area contributed by atoms with Gasteiger partial charge >= 0.3 is 0 Å². The lowest BCUT2D eigenvalue weighted by molar-refractivity contribution is 0.102. The topological polar surface area (TPSA) is 63.2 Å². The fourth-order valence-corrected chi connectivity index (χ4v) is 2.43. The molecule has 0 aliphatic rings. The minimum atomic E-state index is -0.141. The highest BCUT2D eigenvalue weighted by Gasteiger charge is 2.12. The smallest absolute Gasteiger partial charge is 0.258 e. The summed E-state index contributed by atoms with van der Waals surface area (Å²) >= 11 is 1.28. The van der Waals surface area contributed by atoms with Gasteiger partial charge in [0.25, 0.3) is 5.91 Å². The van der Waals surface area contributed by atoms with Crippen molar-refractivity contribution in [1.82, 2.24) is 4.37 Å². The first-order valence-corrected chi connectivity index (χ1v) is 7.10. The third-order valence-electron chi connectivity index (χ3n) is 2.79. The summed E-state index contributed by atoms with van der Waals surface area (Å²) in [4.78, 5) is 12.2. The molecule has 106 valence electrons. The number of nitrogens with zero attached hydrogens (tertiary/aromatic N) is 1. The van der Waals surface area contributed by atoms with E-state index in [0.29, 0.717) is 18.7 Å². The van der Waals surface area contributed by atoms with E-state index in [1.807, 2.05) is 31.2 Å². The molecular weight excluding hydrogens is 274 g/mol. The second-order valence-corrected chi connectivity index (χ2v) is 4.86. The minimum Gasteiger partial charge on any atom is -0.383 e. The van der Waals surface area contributed by atoms with Gasteiger partial charge in [0.1, 0.15) is 0 Å². The summed E-state index contributed by atoms with van der Waals surface area (Å²) in [6.07, 6.45) is 0. The van der Waals surface area contributed by atoms with Crippen LogP contribution in [0.5, 0.6) is 0 Å². The van der Waals surface area contributed by atoms with Crippen LogP contribution in [0.25, 0.3) is 0 Å². The van der Waals surface area contributed by atoms with Crippen molar-refractivity contribution in [1.29, 1.82) is 0 Å². The maximum absolute atomic E-state index is 12.2. The molecule has 0 saturated carbocycles. The number of nitrogens with one attached hydrogen (secondary N) is 2. The molecule has 2 N–H and O–H groups in total. The first kappa shape index (κ1) is 14.5. The van der Waals surface area contributed by atoms with Crippen LogP contribution in [0.2, 0.25) is 0 Å². The summed E-state index contributed by atoms with van der Waals surface area (Å²) in [6.45, 7) is 3.12. The van der Waals surface area contributed by atoms with Gasteiger partial charge < -0.3 is 15.4 Å². The number of aromatic nitrogens is 1. The molecule has 0 aliphatic heterocycles. The van der Waals surface area contributed by atoms with Crippen LogP contribution in [0.4, 0.5) is 11.4 Å². The number of methoxy groups -OCH3 is 1. The van der Waals surface area contributed by atoms with Crippen molar-refractivity contribution in [3.63, 3.8) is 0 Å². The quantitative estimate of drug-likeness (QED) is 0.803. The highest BCUT2D eigenvalue weighted by Crippen LogP contribution is 2.22. The molecule has 1 aromatic heterocycles. The summed E-state index contributed by atoms with van der Waals surface area (Å²) in [5.41, 5.74) is 2.98. The molecule has 2 rings (SSSR count). The highest BCUT2D eigenvalue weighted by molar-refractivity contribution is 7.04. The van der Waals surface area contributed by atoms with Crippen LogP contribution in [0.3, 0.4) is 0 Å². The number of para-hydroxylation sites is 2. The van der Waals surface area contributed by atoms with E-state index >= 15 is 0 Å². The van der Waals surface area contributed by atoms with Gasteiger partial charge in [-0.3, -0.25) is 4.79 Å². The Morgan fingerprint density at radius 3 is 2.75 bits per heavy atom. The van der Waals surface area contributed by atoms with Crippen molar-refractivity contribution in [2.45, 2.75) is 6.92 Å². The molecule has 0 aliphatic carbocycles. The molecule has 5 nitrogen and oxygen atoms in total. The molecule has 0 fully saturated rings. The summed E-state index contributed by atoms with van der Waals surface area (Å²) in [6, 6.07) is 7.59. The van der Waals surface area contributed by atoms with E-state index in [4.69, 9.17) is 4.74 Å². The van der Waals surface area contributed by atoms with Gasteiger partial charge in [0.05, 0.1) is 29.2 Å². The lowest BCUT2D eigenvalue weighted by Crippen LogP contribution is -2.15. The van der Waals surface area contributed by atoms with Gasteiger partial charge in [-0.1, -0.05) is 12.1 Å². The molecule has 0 atom stereocenters. The number of aryl methyl sites for hydroxylation is 1. The summed E-state index contributed by atoms with van der Waals surface area (Å²) < 4.78 is 9.11. The lowest BCUT2D eigenvalue weighted by Gasteiger charge is -2.12. The fraction of sp³-hybridized carbons (Fsp3) is 0.286. The molecule has 0 spiro atoms. The van der Waals surface area contributed by atoms with E-state index in [1.54, 1.807) is 12.5 Å². The SMILES string of the molecule is COCCNc1ccccc1NC(=O)c1csnc1C. The van der Waals surface area contributed by atoms with E-state index in [0.717, 1.165) is 17.1 Å². The van der Waals surface area contributed by atoms with Crippen molar-refractivity contribution in [3.05, 3.63) is 40.9 Å². The van der Waals surface area contributed by atoms with Crippen LogP contribution < -0.4 is 10.6 Å². The van der Waals surface area contributed by atoms with Crippen LogP contribution in [-0.2, 0) is 4.74 Å². The Morgan fingerprint density at radius 2 is 2.10 bits per heavy atom. The van der Waals surface area contributed by atoms with Crippen molar-refractivity contribution < 1.29 is 9.53 Å². The average molecular weight is 291 g/mol. The zero-order chi connectivity index (χ0) is 14.4. The van der Waals surface area contributed by atoms with Crippen molar-refractivity contribution in [2.75, 3.05) is 30.9 Å². The van der Waals surface area contributed by atoms with Crippen LogP contribution in [0, 0.1) is 6.92 Å². The third-order valence-corrected chi connectivity index (χ3v) is 3.51. The summed E-state index contributed by atoms with van der Waals surface area (Å²) in [5.74, 6) is -0.141. The van der Waals surface area contributed by atoms with Gasteiger partial charge in [0.15, 0.2) is 0 Å². The number of carbonyl (C=O) groups excluding carboxylic acids is 1. The Bertz CT molecular complexity index is 583. The van der Waals surface area contributed by atoms with Crippen molar-refractivity contribution >= 4 is 28.8 Å². The van der Waals surface area contributed by atoms with Crippen LogP contribution in [0.1, 0.15) is 16.1 Å². The molecule has 1 heterocycles. The normalized spacial score (nSPS) is 10.3. The Labute approximate surface area is 122 Å². The fourth-order valence-electron chi connectivity index (χ4n) is 1.73.